The topological polar surface area (TPSA) is 58.9 Å². The molecule has 0 aromatic heterocycles. The highest BCUT2D eigenvalue weighted by atomic mass is 32.2. The van der Waals surface area contributed by atoms with Crippen LogP contribution < -0.4 is 4.74 Å². The van der Waals surface area contributed by atoms with Crippen LogP contribution in [-0.4, -0.2) is 49.6 Å². The molecule has 0 spiro atoms. The van der Waals surface area contributed by atoms with E-state index in [1.807, 2.05) is 62.6 Å². The van der Waals surface area contributed by atoms with Crippen LogP contribution in [0.1, 0.15) is 35.8 Å². The number of hydrogen-bond donors (Lipinski definition) is 0. The van der Waals surface area contributed by atoms with Crippen LogP contribution in [-0.2, 0) is 9.53 Å². The molecule has 0 aliphatic carbocycles. The summed E-state index contributed by atoms with van der Waals surface area (Å²) in [6, 6.07) is 15.1. The molecule has 0 amide bonds. The minimum atomic E-state index is -0.926. The summed E-state index contributed by atoms with van der Waals surface area (Å²) in [5, 5.41) is -0.354. The molecular weight excluding hydrogens is 388 g/mol. The lowest BCUT2D eigenvalue weighted by atomic mass is 10.0. The molecule has 0 saturated heterocycles. The van der Waals surface area contributed by atoms with E-state index in [1.54, 1.807) is 18.9 Å². The van der Waals surface area contributed by atoms with Crippen molar-refractivity contribution in [2.24, 2.45) is 0 Å². The molecule has 3 rings (SSSR count). The van der Waals surface area contributed by atoms with Crippen LogP contribution in [0.2, 0.25) is 0 Å². The standard InChI is InChI=1S/C22H27N2O4S/c1-15(25)28-22-21(16-9-11-17(27-4)12-10-16)29-20-8-6-5-7-18(20)19(24(22)26)13-14-23(2)3/h5-12,19,21-22H,13-14H2,1-4H3/q+1/t19?,21-,22+/m1/s1. The summed E-state index contributed by atoms with van der Waals surface area (Å²) in [7, 11) is 5.58. The molecule has 7 heteroatoms. The Balaban J connectivity index is 2.06. The number of carbonyl (C=O) groups excluding carboxylic acids is 1. The fraction of sp³-hybridized carbons (Fsp3) is 0.409. The second-order valence-corrected chi connectivity index (χ2v) is 8.50. The van der Waals surface area contributed by atoms with Gasteiger partial charge < -0.3 is 14.4 Å². The van der Waals surface area contributed by atoms with Crippen LogP contribution in [0.25, 0.3) is 0 Å². The Kier molecular flexibility index (Phi) is 6.92. The normalized spacial score (nSPS) is 21.4. The minimum absolute atomic E-state index is 0.354. The number of fused-ring (bicyclic) bond motifs is 1. The molecule has 0 bridgehead atoms. The Hall–Kier alpha value is -2.38. The van der Waals surface area contributed by atoms with Crippen molar-refractivity contribution in [2.75, 3.05) is 27.7 Å². The number of hydrogen-bond acceptors (Lipinski definition) is 6. The molecule has 154 valence electrons. The third-order valence-corrected chi connectivity index (χ3v) is 6.31. The van der Waals surface area contributed by atoms with Gasteiger partial charge in [0.25, 0.3) is 0 Å². The fourth-order valence-corrected chi connectivity index (χ4v) is 4.84. The zero-order valence-electron chi connectivity index (χ0n) is 17.2. The minimum Gasteiger partial charge on any atom is -0.497 e. The number of ether oxygens (including phenoxy) is 2. The van der Waals surface area contributed by atoms with Gasteiger partial charge in [-0.25, -0.2) is 0 Å². The molecule has 0 fully saturated rings. The Bertz CT molecular complexity index is 869. The van der Waals surface area contributed by atoms with Gasteiger partial charge in [0.15, 0.2) is 0 Å². The lowest BCUT2D eigenvalue weighted by molar-refractivity contribution is -0.661. The average molecular weight is 416 g/mol. The average Bonchev–Trinajstić information content (AvgIpc) is 2.81. The summed E-state index contributed by atoms with van der Waals surface area (Å²) in [5.74, 6) is 0.270. The van der Waals surface area contributed by atoms with E-state index in [9.17, 15) is 9.70 Å². The van der Waals surface area contributed by atoms with Crippen molar-refractivity contribution in [3.05, 3.63) is 64.6 Å². The van der Waals surface area contributed by atoms with Gasteiger partial charge in [0, 0.05) is 40.0 Å². The molecule has 1 aliphatic heterocycles. The highest BCUT2D eigenvalue weighted by Crippen LogP contribution is 2.47. The van der Waals surface area contributed by atoms with E-state index in [0.717, 1.165) is 33.1 Å². The molecule has 2 aromatic carbocycles. The number of nitroso groups, excluding NO2 is 1. The van der Waals surface area contributed by atoms with Crippen molar-refractivity contribution in [1.29, 1.82) is 0 Å². The van der Waals surface area contributed by atoms with Gasteiger partial charge in [0.1, 0.15) is 11.0 Å². The number of esters is 1. The predicted octanol–water partition coefficient (Wildman–Crippen LogP) is 4.20. The number of methoxy groups -OCH3 is 1. The number of thioether (sulfide) groups is 1. The first-order valence-corrected chi connectivity index (χ1v) is 10.5. The quantitative estimate of drug-likeness (QED) is 0.521. The lowest BCUT2D eigenvalue weighted by Gasteiger charge is -2.20. The maximum Gasteiger partial charge on any atom is 0.362 e. The highest BCUT2D eigenvalue weighted by Gasteiger charge is 2.48. The monoisotopic (exact) mass is 415 g/mol. The lowest BCUT2D eigenvalue weighted by Crippen LogP contribution is -2.35. The maximum absolute atomic E-state index is 13.5. The van der Waals surface area contributed by atoms with Gasteiger partial charge in [-0.1, -0.05) is 30.3 Å². The molecule has 1 aliphatic rings. The summed E-state index contributed by atoms with van der Waals surface area (Å²) in [5.41, 5.74) is 1.88. The first-order chi connectivity index (χ1) is 13.9. The smallest absolute Gasteiger partial charge is 0.362 e. The van der Waals surface area contributed by atoms with Gasteiger partial charge in [0.2, 0.25) is 6.04 Å². The first-order valence-electron chi connectivity index (χ1n) is 9.57. The van der Waals surface area contributed by atoms with E-state index in [0.29, 0.717) is 6.42 Å². The molecule has 0 saturated carbocycles. The van der Waals surface area contributed by atoms with Crippen molar-refractivity contribution in [3.63, 3.8) is 0 Å². The zero-order valence-corrected chi connectivity index (χ0v) is 18.0. The van der Waals surface area contributed by atoms with E-state index in [4.69, 9.17) is 9.47 Å². The third kappa shape index (κ3) is 4.97. The number of carbonyl (C=O) groups is 1. The van der Waals surface area contributed by atoms with Gasteiger partial charge in [-0.3, -0.25) is 4.79 Å². The van der Waals surface area contributed by atoms with Gasteiger partial charge in [0.05, 0.1) is 7.11 Å². The van der Waals surface area contributed by atoms with Crippen molar-refractivity contribution >= 4 is 17.7 Å². The van der Waals surface area contributed by atoms with Crippen molar-refractivity contribution < 1.29 is 19.0 Å². The summed E-state index contributed by atoms with van der Waals surface area (Å²) in [6.45, 7) is 2.10. The molecule has 3 atom stereocenters. The molecule has 6 nitrogen and oxygen atoms in total. The second-order valence-electron chi connectivity index (χ2n) is 7.32. The summed E-state index contributed by atoms with van der Waals surface area (Å²) in [4.78, 5) is 28.5. The maximum atomic E-state index is 13.5. The summed E-state index contributed by atoms with van der Waals surface area (Å²) < 4.78 is 11.8. The van der Waals surface area contributed by atoms with Crippen molar-refractivity contribution in [3.8, 4) is 5.75 Å². The van der Waals surface area contributed by atoms with E-state index in [1.165, 1.54) is 6.92 Å². The van der Waals surface area contributed by atoms with E-state index in [-0.39, 0.29) is 5.25 Å². The van der Waals surface area contributed by atoms with E-state index in [2.05, 4.69) is 4.90 Å². The Labute approximate surface area is 175 Å². The van der Waals surface area contributed by atoms with Crippen molar-refractivity contribution in [2.45, 2.75) is 35.8 Å². The third-order valence-electron chi connectivity index (χ3n) is 4.93. The van der Waals surface area contributed by atoms with Gasteiger partial charge in [-0.15, -0.1) is 11.8 Å². The Morgan fingerprint density at radius 2 is 1.83 bits per heavy atom. The van der Waals surface area contributed by atoms with Crippen molar-refractivity contribution in [1.82, 2.24) is 4.90 Å². The Morgan fingerprint density at radius 3 is 2.45 bits per heavy atom. The SMILES string of the molecule is COc1ccc([C@H]2Sc3ccccc3C(CCN(C)C)[N+](=O)[C@H]2OC(C)=O)cc1. The molecule has 1 unspecified atom stereocenters. The van der Waals surface area contributed by atoms with Crippen LogP contribution in [0.5, 0.6) is 5.75 Å². The van der Waals surface area contributed by atoms with E-state index >= 15 is 0 Å². The number of nitrogens with zero attached hydrogens (tertiary/aromatic N) is 2. The van der Waals surface area contributed by atoms with Gasteiger partial charge in [-0.05, 0) is 37.9 Å². The molecule has 0 N–H and O–H groups in total. The molecule has 1 heterocycles. The van der Waals surface area contributed by atoms with E-state index < -0.39 is 18.2 Å². The number of benzene rings is 2. The van der Waals surface area contributed by atoms with Gasteiger partial charge in [-0.2, -0.15) is 0 Å². The fourth-order valence-electron chi connectivity index (χ4n) is 3.48. The molecule has 0 radical (unpaired) electrons. The molecule has 29 heavy (non-hydrogen) atoms. The second kappa shape index (κ2) is 9.41. The highest BCUT2D eigenvalue weighted by molar-refractivity contribution is 7.99. The van der Waals surface area contributed by atoms with Crippen LogP contribution in [0.4, 0.5) is 0 Å². The molecular formula is C22H27N2O4S+. The van der Waals surface area contributed by atoms with Crippen LogP contribution >= 0.6 is 11.8 Å². The van der Waals surface area contributed by atoms with Crippen LogP contribution in [0.15, 0.2) is 53.4 Å². The molecule has 2 aromatic rings. The summed E-state index contributed by atoms with van der Waals surface area (Å²) >= 11 is 1.56. The Morgan fingerprint density at radius 1 is 1.14 bits per heavy atom. The zero-order chi connectivity index (χ0) is 21.0. The first kappa shape index (κ1) is 21.3. The van der Waals surface area contributed by atoms with Crippen LogP contribution in [0.3, 0.4) is 0 Å². The van der Waals surface area contributed by atoms with Crippen LogP contribution in [0, 0.1) is 4.91 Å². The predicted molar refractivity (Wildman–Crippen MR) is 113 cm³/mol. The summed E-state index contributed by atoms with van der Waals surface area (Å²) in [6.07, 6.45) is -0.285. The van der Waals surface area contributed by atoms with Gasteiger partial charge >= 0.3 is 12.2 Å². The largest absolute Gasteiger partial charge is 0.497 e. The number of rotatable bonds is 6.